The van der Waals surface area contributed by atoms with Gasteiger partial charge in [0.15, 0.2) is 0 Å². The van der Waals surface area contributed by atoms with Crippen molar-refractivity contribution in [2.75, 3.05) is 31.6 Å². The Kier molecular flexibility index (Phi) is 5.09. The van der Waals surface area contributed by atoms with Gasteiger partial charge in [-0.3, -0.25) is 9.59 Å². The van der Waals surface area contributed by atoms with Crippen molar-refractivity contribution in [1.82, 2.24) is 10.2 Å². The first-order valence-electron chi connectivity index (χ1n) is 5.78. The summed E-state index contributed by atoms with van der Waals surface area (Å²) in [5.74, 6) is -0.490. The SMILES string of the molecule is CS(=O)(=O)CCC(N)C(=O)N1CCNC(=O)CC1. The molecular weight excluding hydrogens is 258 g/mol. The lowest BCUT2D eigenvalue weighted by Crippen LogP contribution is -2.45. The fraction of sp³-hybridized carbons (Fsp3) is 0.800. The minimum absolute atomic E-state index is 0.0880. The topological polar surface area (TPSA) is 110 Å². The van der Waals surface area contributed by atoms with E-state index in [2.05, 4.69) is 5.32 Å². The van der Waals surface area contributed by atoms with Gasteiger partial charge in [0.25, 0.3) is 0 Å². The number of nitrogens with two attached hydrogens (primary N) is 1. The van der Waals surface area contributed by atoms with E-state index in [-0.39, 0.29) is 30.4 Å². The van der Waals surface area contributed by atoms with Crippen LogP contribution in [0.2, 0.25) is 0 Å². The number of hydrogen-bond acceptors (Lipinski definition) is 5. The predicted octanol–water partition coefficient (Wildman–Crippen LogP) is -1.90. The molecule has 1 unspecified atom stereocenters. The van der Waals surface area contributed by atoms with Crippen LogP contribution in [0.4, 0.5) is 0 Å². The molecule has 0 aliphatic carbocycles. The van der Waals surface area contributed by atoms with Crippen LogP contribution in [-0.2, 0) is 19.4 Å². The van der Waals surface area contributed by atoms with Crippen molar-refractivity contribution in [2.24, 2.45) is 5.73 Å². The van der Waals surface area contributed by atoms with E-state index >= 15 is 0 Å². The molecule has 1 saturated heterocycles. The Bertz CT molecular complexity index is 421. The second-order valence-electron chi connectivity index (χ2n) is 4.45. The number of rotatable bonds is 4. The van der Waals surface area contributed by atoms with Gasteiger partial charge >= 0.3 is 0 Å². The number of sulfone groups is 1. The molecule has 0 saturated carbocycles. The van der Waals surface area contributed by atoms with Crippen molar-refractivity contribution >= 4 is 21.7 Å². The molecule has 0 aromatic rings. The number of carbonyl (C=O) groups excluding carboxylic acids is 2. The summed E-state index contributed by atoms with van der Waals surface area (Å²) in [6.45, 7) is 1.15. The highest BCUT2D eigenvalue weighted by Crippen LogP contribution is 2.03. The average molecular weight is 277 g/mol. The highest BCUT2D eigenvalue weighted by Gasteiger charge is 2.24. The van der Waals surface area contributed by atoms with Gasteiger partial charge < -0.3 is 16.0 Å². The Labute approximate surface area is 107 Å². The Hall–Kier alpha value is -1.15. The molecule has 1 aliphatic rings. The summed E-state index contributed by atoms with van der Waals surface area (Å²) in [6.07, 6.45) is 1.47. The summed E-state index contributed by atoms with van der Waals surface area (Å²) < 4.78 is 22.0. The Morgan fingerprint density at radius 2 is 2.17 bits per heavy atom. The summed E-state index contributed by atoms with van der Waals surface area (Å²) in [4.78, 5) is 24.6. The Morgan fingerprint density at radius 1 is 1.50 bits per heavy atom. The zero-order chi connectivity index (χ0) is 13.8. The maximum atomic E-state index is 11.9. The van der Waals surface area contributed by atoms with E-state index in [1.54, 1.807) is 0 Å². The summed E-state index contributed by atoms with van der Waals surface area (Å²) in [6, 6.07) is -0.826. The maximum Gasteiger partial charge on any atom is 0.239 e. The van der Waals surface area contributed by atoms with Gasteiger partial charge in [-0.05, 0) is 6.42 Å². The highest BCUT2D eigenvalue weighted by molar-refractivity contribution is 7.90. The maximum absolute atomic E-state index is 11.9. The van der Waals surface area contributed by atoms with Crippen LogP contribution in [0.15, 0.2) is 0 Å². The molecule has 1 aliphatic heterocycles. The molecule has 1 fully saturated rings. The molecule has 0 aromatic heterocycles. The second-order valence-corrected chi connectivity index (χ2v) is 6.71. The third-order valence-electron chi connectivity index (χ3n) is 2.74. The summed E-state index contributed by atoms with van der Waals surface area (Å²) >= 11 is 0. The third-order valence-corrected chi connectivity index (χ3v) is 3.72. The van der Waals surface area contributed by atoms with Crippen molar-refractivity contribution < 1.29 is 18.0 Å². The summed E-state index contributed by atoms with van der Waals surface area (Å²) in [5, 5.41) is 2.66. The monoisotopic (exact) mass is 277 g/mol. The molecule has 8 heteroatoms. The van der Waals surface area contributed by atoms with E-state index in [0.29, 0.717) is 19.6 Å². The standard InChI is InChI=1S/C10H19N3O4S/c1-18(16,17)7-3-8(11)10(15)13-5-2-9(14)12-4-6-13/h8H,2-7,11H2,1H3,(H,12,14). The molecule has 18 heavy (non-hydrogen) atoms. The van der Waals surface area contributed by atoms with Crippen molar-refractivity contribution in [2.45, 2.75) is 18.9 Å². The number of nitrogens with one attached hydrogen (secondary N) is 1. The van der Waals surface area contributed by atoms with Gasteiger partial charge in [0.1, 0.15) is 9.84 Å². The molecule has 0 aromatic carbocycles. The molecule has 1 rings (SSSR count). The van der Waals surface area contributed by atoms with Crippen LogP contribution in [0.25, 0.3) is 0 Å². The van der Waals surface area contributed by atoms with E-state index < -0.39 is 15.9 Å². The van der Waals surface area contributed by atoms with Gasteiger partial charge in [-0.1, -0.05) is 0 Å². The quantitative estimate of drug-likeness (QED) is 0.623. The molecular formula is C10H19N3O4S. The van der Waals surface area contributed by atoms with E-state index in [1.165, 1.54) is 4.90 Å². The molecule has 1 atom stereocenters. The number of nitrogens with zero attached hydrogens (tertiary/aromatic N) is 1. The van der Waals surface area contributed by atoms with Gasteiger partial charge in [0.05, 0.1) is 11.8 Å². The van der Waals surface area contributed by atoms with Crippen LogP contribution in [0.5, 0.6) is 0 Å². The molecule has 2 amide bonds. The van der Waals surface area contributed by atoms with Crippen molar-refractivity contribution in [3.63, 3.8) is 0 Å². The van der Waals surface area contributed by atoms with Gasteiger partial charge in [-0.15, -0.1) is 0 Å². The third kappa shape index (κ3) is 5.01. The molecule has 1 heterocycles. The number of carbonyl (C=O) groups is 2. The van der Waals surface area contributed by atoms with E-state index in [4.69, 9.17) is 5.73 Å². The second kappa shape index (κ2) is 6.14. The lowest BCUT2D eigenvalue weighted by atomic mass is 10.2. The number of amides is 2. The Balaban J connectivity index is 2.49. The fourth-order valence-electron chi connectivity index (χ4n) is 1.69. The van der Waals surface area contributed by atoms with Gasteiger partial charge in [-0.2, -0.15) is 0 Å². The van der Waals surface area contributed by atoms with Crippen LogP contribution in [0, 0.1) is 0 Å². The largest absolute Gasteiger partial charge is 0.354 e. The lowest BCUT2D eigenvalue weighted by Gasteiger charge is -2.23. The van der Waals surface area contributed by atoms with Gasteiger partial charge in [0, 0.05) is 32.3 Å². The number of hydrogen-bond donors (Lipinski definition) is 2. The minimum atomic E-state index is -3.12. The molecule has 0 radical (unpaired) electrons. The lowest BCUT2D eigenvalue weighted by molar-refractivity contribution is -0.132. The van der Waals surface area contributed by atoms with Crippen LogP contribution < -0.4 is 11.1 Å². The van der Waals surface area contributed by atoms with Crippen molar-refractivity contribution in [1.29, 1.82) is 0 Å². The highest BCUT2D eigenvalue weighted by atomic mass is 32.2. The van der Waals surface area contributed by atoms with Gasteiger partial charge in [-0.25, -0.2) is 8.42 Å². The van der Waals surface area contributed by atoms with Crippen molar-refractivity contribution in [3.05, 3.63) is 0 Å². The van der Waals surface area contributed by atoms with Crippen LogP contribution >= 0.6 is 0 Å². The van der Waals surface area contributed by atoms with Gasteiger partial charge in [0.2, 0.25) is 11.8 Å². The van der Waals surface area contributed by atoms with Crippen LogP contribution in [0.1, 0.15) is 12.8 Å². The first-order valence-corrected chi connectivity index (χ1v) is 7.84. The normalized spacial score (nSPS) is 19.0. The minimum Gasteiger partial charge on any atom is -0.354 e. The first-order chi connectivity index (χ1) is 8.29. The van der Waals surface area contributed by atoms with Crippen molar-refractivity contribution in [3.8, 4) is 0 Å². The smallest absolute Gasteiger partial charge is 0.239 e. The van der Waals surface area contributed by atoms with E-state index in [0.717, 1.165) is 6.26 Å². The predicted molar refractivity (Wildman–Crippen MR) is 66.5 cm³/mol. The van der Waals surface area contributed by atoms with E-state index in [1.807, 2.05) is 0 Å². The molecule has 3 N–H and O–H groups in total. The zero-order valence-electron chi connectivity index (χ0n) is 10.4. The summed E-state index contributed by atoms with van der Waals surface area (Å²) in [7, 11) is -3.12. The first kappa shape index (κ1) is 14.9. The molecule has 104 valence electrons. The molecule has 0 bridgehead atoms. The fourth-order valence-corrected chi connectivity index (χ4v) is 2.37. The molecule has 7 nitrogen and oxygen atoms in total. The zero-order valence-corrected chi connectivity index (χ0v) is 11.2. The van der Waals surface area contributed by atoms with Crippen LogP contribution in [0.3, 0.4) is 0 Å². The summed E-state index contributed by atoms with van der Waals surface area (Å²) in [5.41, 5.74) is 5.68. The van der Waals surface area contributed by atoms with E-state index in [9.17, 15) is 18.0 Å². The average Bonchev–Trinajstić information content (AvgIpc) is 2.49. The van der Waals surface area contributed by atoms with Crippen LogP contribution in [-0.4, -0.2) is 62.8 Å². The molecule has 0 spiro atoms. The Morgan fingerprint density at radius 3 is 2.78 bits per heavy atom.